The van der Waals surface area contributed by atoms with E-state index < -0.39 is 30.2 Å². The fourth-order valence-corrected chi connectivity index (χ4v) is 3.26. The lowest BCUT2D eigenvalue weighted by molar-refractivity contribution is -0.137. The Bertz CT molecular complexity index is 970. The highest BCUT2D eigenvalue weighted by molar-refractivity contribution is 5.98. The van der Waals surface area contributed by atoms with Crippen molar-refractivity contribution in [2.24, 2.45) is 0 Å². The first-order valence-corrected chi connectivity index (χ1v) is 9.74. The molecule has 3 rings (SSSR count). The lowest BCUT2D eigenvalue weighted by Gasteiger charge is -2.31. The molecule has 9 heteroatoms. The summed E-state index contributed by atoms with van der Waals surface area (Å²) in [4.78, 5) is 26.5. The second kappa shape index (κ2) is 9.38. The van der Waals surface area contributed by atoms with Crippen LogP contribution < -0.4 is 10.2 Å². The molecule has 0 atom stereocenters. The number of rotatable bonds is 5. The number of aryl methyl sites for hydroxylation is 1. The number of nitrogens with one attached hydrogen (secondary N) is 1. The zero-order chi connectivity index (χ0) is 22.6. The van der Waals surface area contributed by atoms with Gasteiger partial charge in [0.05, 0.1) is 35.7 Å². The predicted octanol–water partition coefficient (Wildman–Crippen LogP) is 3.95. The van der Waals surface area contributed by atoms with Gasteiger partial charge in [0.15, 0.2) is 6.61 Å². The first-order valence-electron chi connectivity index (χ1n) is 9.74. The SMILES string of the molecule is Cc1cccc(C(=O)OCC(=O)Nc2cc(C(F)(F)F)ccc2N2CCOCC2)c1C. The van der Waals surface area contributed by atoms with E-state index in [-0.39, 0.29) is 5.69 Å². The fourth-order valence-electron chi connectivity index (χ4n) is 3.26. The molecule has 2 aromatic rings. The molecule has 1 saturated heterocycles. The molecule has 0 aliphatic carbocycles. The molecule has 1 aliphatic rings. The van der Waals surface area contributed by atoms with E-state index in [2.05, 4.69) is 5.32 Å². The van der Waals surface area contributed by atoms with E-state index in [4.69, 9.17) is 9.47 Å². The second-order valence-corrected chi connectivity index (χ2v) is 7.20. The summed E-state index contributed by atoms with van der Waals surface area (Å²) >= 11 is 0. The van der Waals surface area contributed by atoms with Gasteiger partial charge < -0.3 is 19.7 Å². The zero-order valence-corrected chi connectivity index (χ0v) is 17.2. The van der Waals surface area contributed by atoms with E-state index >= 15 is 0 Å². The quantitative estimate of drug-likeness (QED) is 0.719. The van der Waals surface area contributed by atoms with Crippen LogP contribution in [0.3, 0.4) is 0 Å². The first-order chi connectivity index (χ1) is 14.7. The number of carbonyl (C=O) groups excluding carboxylic acids is 2. The third-order valence-corrected chi connectivity index (χ3v) is 5.11. The maximum Gasteiger partial charge on any atom is 0.416 e. The average molecular weight is 436 g/mol. The summed E-state index contributed by atoms with van der Waals surface area (Å²) in [6.45, 7) is 4.82. The predicted molar refractivity (Wildman–Crippen MR) is 109 cm³/mol. The van der Waals surface area contributed by atoms with Crippen molar-refractivity contribution in [1.82, 2.24) is 0 Å². The monoisotopic (exact) mass is 436 g/mol. The first kappa shape index (κ1) is 22.6. The molecule has 0 spiro atoms. The van der Waals surface area contributed by atoms with Crippen LogP contribution in [0.2, 0.25) is 0 Å². The van der Waals surface area contributed by atoms with Gasteiger partial charge in [-0.25, -0.2) is 4.79 Å². The molecule has 1 fully saturated rings. The zero-order valence-electron chi connectivity index (χ0n) is 17.2. The van der Waals surface area contributed by atoms with Gasteiger partial charge in [-0.2, -0.15) is 13.2 Å². The van der Waals surface area contributed by atoms with Crippen molar-refractivity contribution >= 4 is 23.3 Å². The Kier molecular flexibility index (Phi) is 6.84. The molecule has 166 valence electrons. The molecule has 0 bridgehead atoms. The standard InChI is InChI=1S/C22H23F3N2O4/c1-14-4-3-5-17(15(14)2)21(29)31-13-20(28)26-18-12-16(22(23,24)25)6-7-19(18)27-8-10-30-11-9-27/h3-7,12H,8-11,13H2,1-2H3,(H,26,28). The van der Waals surface area contributed by atoms with E-state index in [1.165, 1.54) is 6.07 Å². The smallest absolute Gasteiger partial charge is 0.416 e. The van der Waals surface area contributed by atoms with Crippen LogP contribution in [0.15, 0.2) is 36.4 Å². The number of ether oxygens (including phenoxy) is 2. The molecule has 6 nitrogen and oxygen atoms in total. The molecular formula is C22H23F3N2O4. The van der Waals surface area contributed by atoms with Gasteiger partial charge in [0.25, 0.3) is 5.91 Å². The number of hydrogen-bond acceptors (Lipinski definition) is 5. The number of morpholine rings is 1. The molecule has 0 unspecified atom stereocenters. The maximum absolute atomic E-state index is 13.2. The number of alkyl halides is 3. The Morgan fingerprint density at radius 1 is 1.13 bits per heavy atom. The number of benzene rings is 2. The molecule has 1 heterocycles. The Morgan fingerprint density at radius 3 is 2.52 bits per heavy atom. The van der Waals surface area contributed by atoms with Crippen molar-refractivity contribution in [1.29, 1.82) is 0 Å². The number of anilines is 2. The van der Waals surface area contributed by atoms with Gasteiger partial charge in [0.2, 0.25) is 0 Å². The van der Waals surface area contributed by atoms with E-state index in [9.17, 15) is 22.8 Å². The van der Waals surface area contributed by atoms with E-state index in [1.54, 1.807) is 19.1 Å². The van der Waals surface area contributed by atoms with Crippen molar-refractivity contribution in [3.05, 3.63) is 58.7 Å². The highest BCUT2D eigenvalue weighted by Gasteiger charge is 2.32. The number of esters is 1. The summed E-state index contributed by atoms with van der Waals surface area (Å²) < 4.78 is 49.9. The van der Waals surface area contributed by atoms with E-state index in [1.807, 2.05) is 17.9 Å². The van der Waals surface area contributed by atoms with Gasteiger partial charge in [0, 0.05) is 13.1 Å². The highest BCUT2D eigenvalue weighted by atomic mass is 19.4. The van der Waals surface area contributed by atoms with Crippen LogP contribution in [0.5, 0.6) is 0 Å². The molecule has 0 aromatic heterocycles. The van der Waals surface area contributed by atoms with Gasteiger partial charge >= 0.3 is 12.1 Å². The lowest BCUT2D eigenvalue weighted by Crippen LogP contribution is -2.37. The van der Waals surface area contributed by atoms with Gasteiger partial charge in [-0.15, -0.1) is 0 Å². The van der Waals surface area contributed by atoms with Crippen LogP contribution in [-0.4, -0.2) is 44.8 Å². The third kappa shape index (κ3) is 5.55. The Balaban J connectivity index is 1.74. The molecule has 0 saturated carbocycles. The second-order valence-electron chi connectivity index (χ2n) is 7.20. The summed E-state index contributed by atoms with van der Waals surface area (Å²) in [7, 11) is 0. The van der Waals surface area contributed by atoms with Gasteiger partial charge in [-0.1, -0.05) is 12.1 Å². The number of carbonyl (C=O) groups is 2. The number of halogens is 3. The van der Waals surface area contributed by atoms with Crippen molar-refractivity contribution in [2.45, 2.75) is 20.0 Å². The lowest BCUT2D eigenvalue weighted by atomic mass is 10.0. The van der Waals surface area contributed by atoms with Crippen molar-refractivity contribution < 1.29 is 32.2 Å². The average Bonchev–Trinajstić information content (AvgIpc) is 2.74. The van der Waals surface area contributed by atoms with E-state index in [0.717, 1.165) is 23.3 Å². The van der Waals surface area contributed by atoms with Crippen molar-refractivity contribution in [3.8, 4) is 0 Å². The highest BCUT2D eigenvalue weighted by Crippen LogP contribution is 2.35. The summed E-state index contributed by atoms with van der Waals surface area (Å²) in [6.07, 6.45) is -4.56. The van der Waals surface area contributed by atoms with Crippen LogP contribution in [0.4, 0.5) is 24.5 Å². The van der Waals surface area contributed by atoms with Crippen LogP contribution in [0, 0.1) is 13.8 Å². The largest absolute Gasteiger partial charge is 0.452 e. The summed E-state index contributed by atoms with van der Waals surface area (Å²) in [5, 5.41) is 2.45. The Labute approximate surface area is 177 Å². The topological polar surface area (TPSA) is 67.9 Å². The molecule has 1 aliphatic heterocycles. The molecule has 1 amide bonds. The summed E-state index contributed by atoms with van der Waals surface area (Å²) in [5.41, 5.74) is 1.54. The Morgan fingerprint density at radius 2 is 1.84 bits per heavy atom. The minimum atomic E-state index is -4.56. The van der Waals surface area contributed by atoms with Crippen LogP contribution in [-0.2, 0) is 20.4 Å². The summed E-state index contributed by atoms with van der Waals surface area (Å²) in [6, 6.07) is 8.32. The Hall–Kier alpha value is -3.07. The molecule has 1 N–H and O–H groups in total. The molecule has 31 heavy (non-hydrogen) atoms. The fraction of sp³-hybridized carbons (Fsp3) is 0.364. The van der Waals surface area contributed by atoms with Gasteiger partial charge in [-0.3, -0.25) is 4.79 Å². The molecule has 2 aromatic carbocycles. The van der Waals surface area contributed by atoms with Crippen LogP contribution >= 0.6 is 0 Å². The molecular weight excluding hydrogens is 413 g/mol. The number of nitrogens with zero attached hydrogens (tertiary/aromatic N) is 1. The van der Waals surface area contributed by atoms with Crippen LogP contribution in [0.25, 0.3) is 0 Å². The molecule has 0 radical (unpaired) electrons. The number of amides is 1. The minimum Gasteiger partial charge on any atom is -0.452 e. The van der Waals surface area contributed by atoms with Crippen molar-refractivity contribution in [3.63, 3.8) is 0 Å². The normalized spacial score (nSPS) is 14.3. The van der Waals surface area contributed by atoms with E-state index in [0.29, 0.717) is 37.6 Å². The third-order valence-electron chi connectivity index (χ3n) is 5.11. The maximum atomic E-state index is 13.2. The van der Waals surface area contributed by atoms with Crippen LogP contribution in [0.1, 0.15) is 27.0 Å². The number of hydrogen-bond donors (Lipinski definition) is 1. The minimum absolute atomic E-state index is 0.00418. The van der Waals surface area contributed by atoms with Gasteiger partial charge in [-0.05, 0) is 49.2 Å². The van der Waals surface area contributed by atoms with Crippen molar-refractivity contribution in [2.75, 3.05) is 43.1 Å². The van der Waals surface area contributed by atoms with Gasteiger partial charge in [0.1, 0.15) is 0 Å². The summed E-state index contributed by atoms with van der Waals surface area (Å²) in [5.74, 6) is -1.40.